The van der Waals surface area contributed by atoms with Crippen molar-refractivity contribution in [1.29, 1.82) is 0 Å². The van der Waals surface area contributed by atoms with Crippen molar-refractivity contribution in [3.8, 4) is 0 Å². The van der Waals surface area contributed by atoms with Gasteiger partial charge in [0.1, 0.15) is 0 Å². The minimum absolute atomic E-state index is 0.231. The molecule has 0 unspecified atom stereocenters. The fraction of sp³-hybridized carbons (Fsp3) is 0.167. The maximum atomic E-state index is 12.6. The number of benzene rings is 2. The summed E-state index contributed by atoms with van der Waals surface area (Å²) in [5, 5.41) is 10.8. The van der Waals surface area contributed by atoms with E-state index < -0.39 is 6.03 Å². The maximum Gasteiger partial charge on any atom is 0.326 e. The third-order valence-corrected chi connectivity index (χ3v) is 5.41. The highest BCUT2D eigenvalue weighted by molar-refractivity contribution is 6.31. The lowest BCUT2D eigenvalue weighted by molar-refractivity contribution is 0.256. The molecule has 34 heavy (non-hydrogen) atoms. The predicted octanol–water partition coefficient (Wildman–Crippen LogP) is 5.71. The Hall–Kier alpha value is -3.62. The van der Waals surface area contributed by atoms with Crippen LogP contribution in [0.15, 0.2) is 59.7 Å². The molecule has 4 aromatic rings. The van der Waals surface area contributed by atoms with Gasteiger partial charge in [0.2, 0.25) is 11.9 Å². The van der Waals surface area contributed by atoms with E-state index in [1.54, 1.807) is 24.3 Å². The Labute approximate surface area is 206 Å². The van der Waals surface area contributed by atoms with E-state index in [2.05, 4.69) is 35.9 Å². The highest BCUT2D eigenvalue weighted by Crippen LogP contribution is 2.22. The molecule has 174 valence electrons. The molecule has 2 aromatic heterocycles. The van der Waals surface area contributed by atoms with Crippen molar-refractivity contribution in [2.75, 3.05) is 17.2 Å². The van der Waals surface area contributed by atoms with Crippen LogP contribution in [0.25, 0.3) is 10.9 Å². The van der Waals surface area contributed by atoms with Crippen molar-refractivity contribution in [2.24, 2.45) is 4.99 Å². The number of fused-ring (bicyclic) bond motifs is 1. The number of carbonyl (C=O) groups excluding carboxylic acids is 1. The van der Waals surface area contributed by atoms with Crippen molar-refractivity contribution in [2.45, 2.75) is 20.3 Å². The van der Waals surface area contributed by atoms with Gasteiger partial charge in [0.15, 0.2) is 0 Å². The monoisotopic (exact) mass is 495 g/mol. The lowest BCUT2D eigenvalue weighted by Gasteiger charge is -2.12. The predicted molar refractivity (Wildman–Crippen MR) is 138 cm³/mol. The van der Waals surface area contributed by atoms with Crippen LogP contribution >= 0.6 is 23.2 Å². The van der Waals surface area contributed by atoms with E-state index in [1.165, 1.54) is 0 Å². The second-order valence-corrected chi connectivity index (χ2v) is 8.54. The molecule has 8 nitrogen and oxygen atoms in total. The lowest BCUT2D eigenvalue weighted by Crippen LogP contribution is -2.39. The van der Waals surface area contributed by atoms with Crippen LogP contribution in [0.2, 0.25) is 10.0 Å². The average Bonchev–Trinajstić information content (AvgIpc) is 3.16. The van der Waals surface area contributed by atoms with Gasteiger partial charge < -0.3 is 10.3 Å². The quantitative estimate of drug-likeness (QED) is 0.210. The van der Waals surface area contributed by atoms with E-state index in [1.807, 2.05) is 44.3 Å². The van der Waals surface area contributed by atoms with Gasteiger partial charge in [0, 0.05) is 50.8 Å². The van der Waals surface area contributed by atoms with Crippen molar-refractivity contribution in [1.82, 2.24) is 20.3 Å². The van der Waals surface area contributed by atoms with Gasteiger partial charge in [-0.25, -0.2) is 14.8 Å². The number of halogens is 2. The molecule has 0 fully saturated rings. The Bertz CT molecular complexity index is 1330. The van der Waals surface area contributed by atoms with E-state index in [-0.39, 0.29) is 5.96 Å². The van der Waals surface area contributed by atoms with Gasteiger partial charge in [0.05, 0.1) is 0 Å². The maximum absolute atomic E-state index is 12.6. The Morgan fingerprint density at radius 3 is 2.41 bits per heavy atom. The Kier molecular flexibility index (Phi) is 7.30. The van der Waals surface area contributed by atoms with E-state index in [0.717, 1.165) is 27.9 Å². The molecule has 2 aromatic carbocycles. The Morgan fingerprint density at radius 2 is 1.68 bits per heavy atom. The number of urea groups is 1. The summed E-state index contributed by atoms with van der Waals surface area (Å²) in [7, 11) is 0. The second-order valence-electron chi connectivity index (χ2n) is 7.67. The minimum atomic E-state index is -0.461. The zero-order chi connectivity index (χ0) is 24.1. The average molecular weight is 496 g/mol. The fourth-order valence-corrected chi connectivity index (χ4v) is 3.74. The summed E-state index contributed by atoms with van der Waals surface area (Å²) in [4.78, 5) is 29.1. The number of hydrogen-bond acceptors (Lipinski definition) is 4. The number of hydrogen-bond donors (Lipinski definition) is 4. The van der Waals surface area contributed by atoms with Crippen molar-refractivity contribution in [3.63, 3.8) is 0 Å². The number of nitrogens with zero attached hydrogens (tertiary/aromatic N) is 3. The molecule has 4 N–H and O–H groups in total. The van der Waals surface area contributed by atoms with Crippen molar-refractivity contribution >= 4 is 57.7 Å². The summed E-state index contributed by atoms with van der Waals surface area (Å²) >= 11 is 12.1. The third kappa shape index (κ3) is 6.24. The second kappa shape index (κ2) is 10.5. The number of guanidine groups is 1. The van der Waals surface area contributed by atoms with Gasteiger partial charge in [-0.3, -0.25) is 15.6 Å². The molecule has 0 spiro atoms. The smallest absolute Gasteiger partial charge is 0.326 e. The number of aryl methyl sites for hydroxylation is 2. The SMILES string of the molecule is Cc1cc(C)nc(NC(=NCCc2c[nH]c3ccc(Cl)cc23)NC(=O)Nc2ccc(Cl)cc2)n1. The summed E-state index contributed by atoms with van der Waals surface area (Å²) < 4.78 is 0. The van der Waals surface area contributed by atoms with E-state index in [9.17, 15) is 4.79 Å². The molecule has 0 aliphatic heterocycles. The van der Waals surface area contributed by atoms with Gasteiger partial charge in [-0.15, -0.1) is 0 Å². The number of aromatic nitrogens is 3. The van der Waals surface area contributed by atoms with Crippen LogP contribution in [-0.2, 0) is 6.42 Å². The number of nitrogens with one attached hydrogen (secondary N) is 4. The molecular weight excluding hydrogens is 473 g/mol. The normalized spacial score (nSPS) is 11.5. The largest absolute Gasteiger partial charge is 0.361 e. The zero-order valence-corrected chi connectivity index (χ0v) is 20.1. The van der Waals surface area contributed by atoms with E-state index in [4.69, 9.17) is 23.2 Å². The summed E-state index contributed by atoms with van der Waals surface area (Å²) in [6.45, 7) is 4.16. The van der Waals surface area contributed by atoms with Crippen LogP contribution in [0.4, 0.5) is 16.4 Å². The molecule has 0 saturated heterocycles. The molecule has 0 aliphatic rings. The fourth-order valence-electron chi connectivity index (χ4n) is 3.45. The molecule has 10 heteroatoms. The summed E-state index contributed by atoms with van der Waals surface area (Å²) in [6, 6.07) is 13.9. The van der Waals surface area contributed by atoms with Gasteiger partial charge in [-0.2, -0.15) is 0 Å². The number of rotatable bonds is 5. The van der Waals surface area contributed by atoms with Gasteiger partial charge in [-0.1, -0.05) is 23.2 Å². The molecular formula is C24H23Cl2N7O. The van der Waals surface area contributed by atoms with Gasteiger partial charge in [0.25, 0.3) is 0 Å². The molecule has 0 aliphatic carbocycles. The molecule has 2 heterocycles. The van der Waals surface area contributed by atoms with Gasteiger partial charge >= 0.3 is 6.03 Å². The lowest BCUT2D eigenvalue weighted by atomic mass is 10.1. The number of amides is 2. The standard InChI is InChI=1S/C24H23Cl2N7O/c1-14-11-15(2)30-23(29-14)32-22(33-24(34)31-19-6-3-17(25)4-7-19)27-10-9-16-13-28-21-8-5-18(26)12-20(16)21/h3-8,11-13,28H,9-10H2,1-2H3,(H3,27,29,30,31,32,33,34). The summed E-state index contributed by atoms with van der Waals surface area (Å²) in [6.07, 6.45) is 2.58. The highest BCUT2D eigenvalue weighted by atomic mass is 35.5. The number of H-pyrrole nitrogens is 1. The van der Waals surface area contributed by atoms with E-state index >= 15 is 0 Å². The van der Waals surface area contributed by atoms with Crippen molar-refractivity contribution < 1.29 is 4.79 Å². The Morgan fingerprint density at radius 1 is 0.971 bits per heavy atom. The summed E-state index contributed by atoms with van der Waals surface area (Å²) in [5.74, 6) is 0.580. The molecule has 0 bridgehead atoms. The van der Waals surface area contributed by atoms with Crippen LogP contribution in [0.1, 0.15) is 17.0 Å². The van der Waals surface area contributed by atoms with Crippen molar-refractivity contribution in [3.05, 3.63) is 81.7 Å². The number of carbonyl (C=O) groups is 1. The first-order valence-electron chi connectivity index (χ1n) is 10.6. The zero-order valence-electron chi connectivity index (χ0n) is 18.6. The first kappa shape index (κ1) is 23.5. The number of anilines is 2. The van der Waals surface area contributed by atoms with Gasteiger partial charge in [-0.05, 0) is 74.4 Å². The van der Waals surface area contributed by atoms with Crippen LogP contribution < -0.4 is 16.0 Å². The van der Waals surface area contributed by atoms with Crippen LogP contribution in [0.5, 0.6) is 0 Å². The third-order valence-electron chi connectivity index (χ3n) is 4.93. The van der Waals surface area contributed by atoms with Crippen LogP contribution in [-0.4, -0.2) is 33.5 Å². The first-order chi connectivity index (χ1) is 16.4. The number of aromatic amines is 1. The molecule has 0 saturated carbocycles. The summed E-state index contributed by atoms with van der Waals surface area (Å²) in [5.41, 5.74) is 4.28. The molecule has 2 amide bonds. The topological polar surface area (TPSA) is 107 Å². The number of aliphatic imine (C=N–C) groups is 1. The van der Waals surface area contributed by atoms with E-state index in [0.29, 0.717) is 34.6 Å². The molecule has 0 radical (unpaired) electrons. The molecule has 4 rings (SSSR count). The first-order valence-corrected chi connectivity index (χ1v) is 11.3. The highest BCUT2D eigenvalue weighted by Gasteiger charge is 2.10. The molecule has 0 atom stereocenters. The minimum Gasteiger partial charge on any atom is -0.361 e. The Balaban J connectivity index is 1.50. The van der Waals surface area contributed by atoms with Crippen LogP contribution in [0.3, 0.4) is 0 Å². The van der Waals surface area contributed by atoms with Crippen LogP contribution in [0, 0.1) is 13.8 Å².